The Labute approximate surface area is 159 Å². The number of aromatic carboxylic acids is 1. The molecule has 0 bridgehead atoms. The fourth-order valence-electron chi connectivity index (χ4n) is 2.44. The van der Waals surface area contributed by atoms with E-state index in [2.05, 4.69) is 20.7 Å². The molecule has 2 aromatic carbocycles. The zero-order valence-electron chi connectivity index (χ0n) is 14.1. The van der Waals surface area contributed by atoms with Crippen LogP contribution in [0.25, 0.3) is 0 Å². The van der Waals surface area contributed by atoms with Crippen molar-refractivity contribution < 1.29 is 28.5 Å². The van der Waals surface area contributed by atoms with Gasteiger partial charge in [-0.2, -0.15) is 0 Å². The number of hydrogen-bond acceptors (Lipinski definition) is 5. The molecule has 140 valence electrons. The Kier molecular flexibility index (Phi) is 5.82. The van der Waals surface area contributed by atoms with Crippen LogP contribution in [0, 0.1) is 0 Å². The molecule has 0 amide bonds. The monoisotopic (exact) mass is 443 g/mol. The van der Waals surface area contributed by atoms with Crippen molar-refractivity contribution in [1.82, 2.24) is 0 Å². The maximum Gasteiger partial charge on any atom is 0.339 e. The van der Waals surface area contributed by atoms with Crippen LogP contribution in [0.15, 0.2) is 33.6 Å². The zero-order chi connectivity index (χ0) is 19.6. The van der Waals surface area contributed by atoms with Gasteiger partial charge in [0.05, 0.1) is 5.69 Å². The number of phenols is 2. The van der Waals surface area contributed by atoms with E-state index >= 15 is 0 Å². The number of aromatic hydroxyl groups is 2. The first-order chi connectivity index (χ1) is 12.1. The summed E-state index contributed by atoms with van der Waals surface area (Å²) in [5, 5.41) is 29.6. The summed E-state index contributed by atoms with van der Waals surface area (Å²) in [7, 11) is -4.27. The van der Waals surface area contributed by atoms with E-state index in [4.69, 9.17) is 0 Å². The molecule has 4 N–H and O–H groups in total. The van der Waals surface area contributed by atoms with Gasteiger partial charge in [0.15, 0.2) is 5.75 Å². The van der Waals surface area contributed by atoms with Crippen LogP contribution in [0.3, 0.4) is 0 Å². The molecule has 0 aromatic heterocycles. The number of hydrogen-bond donors (Lipinski definition) is 4. The Balaban J connectivity index is 2.60. The molecule has 0 spiro atoms. The number of nitrogens with one attached hydrogen (secondary N) is 1. The van der Waals surface area contributed by atoms with Gasteiger partial charge < -0.3 is 15.3 Å². The second-order valence-electron chi connectivity index (χ2n) is 5.57. The number of phenolic OH excluding ortho intramolecular Hbond substituents is 1. The number of anilines is 1. The normalized spacial score (nSPS) is 11.3. The minimum Gasteiger partial charge on any atom is -0.506 e. The lowest BCUT2D eigenvalue weighted by molar-refractivity contribution is 0.0693. The summed E-state index contributed by atoms with van der Waals surface area (Å²) in [5.74, 6) is -2.46. The predicted molar refractivity (Wildman–Crippen MR) is 100 cm³/mol. The van der Waals surface area contributed by atoms with Gasteiger partial charge in [-0.15, -0.1) is 0 Å². The van der Waals surface area contributed by atoms with Crippen LogP contribution in [-0.4, -0.2) is 29.7 Å². The quantitative estimate of drug-likeness (QED) is 0.506. The van der Waals surface area contributed by atoms with Crippen LogP contribution in [0.4, 0.5) is 5.69 Å². The average Bonchev–Trinajstić information content (AvgIpc) is 2.57. The maximum absolute atomic E-state index is 12.7. The molecule has 2 aromatic rings. The third kappa shape index (κ3) is 3.94. The number of carboxylic acids is 1. The molecule has 0 saturated heterocycles. The first-order valence-electron chi connectivity index (χ1n) is 7.74. The maximum atomic E-state index is 12.7. The molecule has 0 atom stereocenters. The van der Waals surface area contributed by atoms with Crippen LogP contribution in [0.1, 0.15) is 35.3 Å². The van der Waals surface area contributed by atoms with Crippen LogP contribution < -0.4 is 4.72 Å². The van der Waals surface area contributed by atoms with Gasteiger partial charge in [-0.25, -0.2) is 13.2 Å². The Morgan fingerprint density at radius 1 is 1.08 bits per heavy atom. The van der Waals surface area contributed by atoms with Crippen LogP contribution in [0.2, 0.25) is 0 Å². The summed E-state index contributed by atoms with van der Waals surface area (Å²) in [6.07, 6.45) is 0.852. The van der Waals surface area contributed by atoms with E-state index in [0.29, 0.717) is 28.4 Å². The summed E-state index contributed by atoms with van der Waals surface area (Å²) in [6.45, 7) is 3.53. The standard InChI is InChI=1S/C17H18BrNO6S/c1-3-9-5-12(17(22)23)16(21)13(6-9)19-26(24,25)14-8-11(18)7-10(4-2)15(14)20/h5-8,19-21H,3-4H2,1-2H3,(H,22,23). The molecule has 0 fully saturated rings. The lowest BCUT2D eigenvalue weighted by Gasteiger charge is -2.15. The van der Waals surface area contributed by atoms with Crippen molar-refractivity contribution in [2.45, 2.75) is 31.6 Å². The Bertz CT molecular complexity index is 972. The summed E-state index contributed by atoms with van der Waals surface area (Å²) in [5.41, 5.74) is 0.289. The molecular formula is C17H18BrNO6S. The van der Waals surface area contributed by atoms with E-state index in [1.807, 2.05) is 0 Å². The molecule has 9 heteroatoms. The molecule has 0 aliphatic heterocycles. The Morgan fingerprint density at radius 3 is 2.27 bits per heavy atom. The predicted octanol–water partition coefficient (Wildman–Crippen LogP) is 3.48. The van der Waals surface area contributed by atoms with E-state index < -0.39 is 33.1 Å². The second-order valence-corrected chi connectivity index (χ2v) is 8.14. The topological polar surface area (TPSA) is 124 Å². The Hall–Kier alpha value is -2.26. The highest BCUT2D eigenvalue weighted by Crippen LogP contribution is 2.35. The molecule has 26 heavy (non-hydrogen) atoms. The van der Waals surface area contributed by atoms with E-state index in [9.17, 15) is 28.5 Å². The first kappa shape index (κ1) is 20.1. The largest absolute Gasteiger partial charge is 0.506 e. The highest BCUT2D eigenvalue weighted by molar-refractivity contribution is 9.10. The van der Waals surface area contributed by atoms with Crippen LogP contribution >= 0.6 is 15.9 Å². The van der Waals surface area contributed by atoms with Crippen LogP contribution in [0.5, 0.6) is 11.5 Å². The molecule has 0 radical (unpaired) electrons. The molecule has 0 saturated carbocycles. The summed E-state index contributed by atoms with van der Waals surface area (Å²) in [6, 6.07) is 5.47. The highest BCUT2D eigenvalue weighted by atomic mass is 79.9. The molecule has 0 aliphatic rings. The van der Waals surface area contributed by atoms with E-state index in [-0.39, 0.29) is 10.6 Å². The van der Waals surface area contributed by atoms with Crippen molar-refractivity contribution in [3.8, 4) is 11.5 Å². The van der Waals surface area contributed by atoms with Crippen LogP contribution in [-0.2, 0) is 22.9 Å². The van der Waals surface area contributed by atoms with Gasteiger partial charge in [-0.1, -0.05) is 29.8 Å². The van der Waals surface area contributed by atoms with E-state index in [1.54, 1.807) is 19.9 Å². The number of aryl methyl sites for hydroxylation is 2. The van der Waals surface area contributed by atoms with Gasteiger partial charge >= 0.3 is 5.97 Å². The number of benzene rings is 2. The number of sulfonamides is 1. The minimum absolute atomic E-state index is 0.265. The fraction of sp³-hybridized carbons (Fsp3) is 0.235. The smallest absolute Gasteiger partial charge is 0.339 e. The number of rotatable bonds is 6. The first-order valence-corrected chi connectivity index (χ1v) is 10.0. The number of halogens is 1. The average molecular weight is 444 g/mol. The Morgan fingerprint density at radius 2 is 1.73 bits per heavy atom. The molecule has 7 nitrogen and oxygen atoms in total. The zero-order valence-corrected chi connectivity index (χ0v) is 16.5. The number of carbonyl (C=O) groups is 1. The molecule has 2 rings (SSSR count). The van der Waals surface area contributed by atoms with Gasteiger partial charge in [0, 0.05) is 4.47 Å². The SMILES string of the molecule is CCc1cc(NS(=O)(=O)c2cc(Br)cc(CC)c2O)c(O)c(C(=O)O)c1. The third-order valence-corrected chi connectivity index (χ3v) is 5.68. The fourth-order valence-corrected chi connectivity index (χ4v) is 4.32. The number of carboxylic acid groups (broad SMARTS) is 1. The highest BCUT2D eigenvalue weighted by Gasteiger charge is 2.24. The van der Waals surface area contributed by atoms with Gasteiger partial charge in [-0.3, -0.25) is 4.72 Å². The van der Waals surface area contributed by atoms with Crippen molar-refractivity contribution in [2.24, 2.45) is 0 Å². The van der Waals surface area contributed by atoms with Crippen molar-refractivity contribution >= 4 is 37.6 Å². The third-order valence-electron chi connectivity index (χ3n) is 3.84. The molecular weight excluding hydrogens is 426 g/mol. The lowest BCUT2D eigenvalue weighted by atomic mass is 10.1. The lowest BCUT2D eigenvalue weighted by Crippen LogP contribution is -2.15. The van der Waals surface area contributed by atoms with Crippen molar-refractivity contribution in [2.75, 3.05) is 4.72 Å². The van der Waals surface area contributed by atoms with Crippen molar-refractivity contribution in [1.29, 1.82) is 0 Å². The van der Waals surface area contributed by atoms with Crippen molar-refractivity contribution in [3.05, 3.63) is 45.4 Å². The second kappa shape index (κ2) is 7.55. The molecule has 0 unspecified atom stereocenters. The van der Waals surface area contributed by atoms with E-state index in [1.165, 1.54) is 18.2 Å². The van der Waals surface area contributed by atoms with Crippen molar-refractivity contribution in [3.63, 3.8) is 0 Å². The summed E-state index contributed by atoms with van der Waals surface area (Å²) in [4.78, 5) is 10.9. The molecule has 0 heterocycles. The van der Waals surface area contributed by atoms with Gasteiger partial charge in [0.25, 0.3) is 10.0 Å². The minimum atomic E-state index is -4.27. The van der Waals surface area contributed by atoms with E-state index in [0.717, 1.165) is 0 Å². The molecule has 0 aliphatic carbocycles. The summed E-state index contributed by atoms with van der Waals surface area (Å²) >= 11 is 3.20. The summed E-state index contributed by atoms with van der Waals surface area (Å²) < 4.78 is 28.1. The van der Waals surface area contributed by atoms with Gasteiger partial charge in [0.1, 0.15) is 16.2 Å². The van der Waals surface area contributed by atoms with Gasteiger partial charge in [-0.05, 0) is 48.2 Å². The van der Waals surface area contributed by atoms with Gasteiger partial charge in [0.2, 0.25) is 0 Å².